The zero-order valence-electron chi connectivity index (χ0n) is 20.6. The molecule has 184 valence electrons. The summed E-state index contributed by atoms with van der Waals surface area (Å²) in [5.41, 5.74) is 5.82. The fraction of sp³-hybridized carbons (Fsp3) is 0.167. The number of aromatic nitrogens is 3. The second kappa shape index (κ2) is 9.52. The average molecular weight is 490 g/mol. The van der Waals surface area contributed by atoms with Crippen LogP contribution >= 0.6 is 0 Å². The molecule has 0 bridgehead atoms. The van der Waals surface area contributed by atoms with Crippen molar-refractivity contribution in [2.75, 3.05) is 17.2 Å². The molecule has 0 radical (unpaired) electrons. The summed E-state index contributed by atoms with van der Waals surface area (Å²) in [5.74, 6) is 1.13. The Morgan fingerprint density at radius 3 is 2.81 bits per heavy atom. The molecule has 5 aromatic rings. The molecular formula is C30H27N5O2. The Morgan fingerprint density at radius 1 is 1.08 bits per heavy atom. The van der Waals surface area contributed by atoms with E-state index in [0.29, 0.717) is 25.7 Å². The van der Waals surface area contributed by atoms with Crippen molar-refractivity contribution in [2.45, 2.75) is 26.5 Å². The SMILES string of the molecule is C=CC(=O)Nc1cccc2c1cc(C)n2-c1nc2c(c(NCc3cccc4ccccc34)n1)COCC2. The molecule has 1 aliphatic heterocycles. The number of fused-ring (bicyclic) bond motifs is 3. The minimum Gasteiger partial charge on any atom is -0.376 e. The molecule has 2 aromatic heterocycles. The van der Waals surface area contributed by atoms with Gasteiger partial charge in [-0.2, -0.15) is 4.98 Å². The van der Waals surface area contributed by atoms with Crippen LogP contribution in [0.15, 0.2) is 79.4 Å². The summed E-state index contributed by atoms with van der Waals surface area (Å²) in [6, 6.07) is 22.6. The lowest BCUT2D eigenvalue weighted by Crippen LogP contribution is -2.19. The van der Waals surface area contributed by atoms with E-state index in [1.807, 2.05) is 35.8 Å². The number of benzene rings is 3. The Balaban J connectivity index is 1.42. The molecule has 37 heavy (non-hydrogen) atoms. The van der Waals surface area contributed by atoms with Crippen molar-refractivity contribution >= 4 is 39.1 Å². The largest absolute Gasteiger partial charge is 0.376 e. The van der Waals surface area contributed by atoms with Crippen molar-refractivity contribution in [3.8, 4) is 5.95 Å². The van der Waals surface area contributed by atoms with E-state index in [2.05, 4.69) is 59.7 Å². The first-order valence-electron chi connectivity index (χ1n) is 12.4. The van der Waals surface area contributed by atoms with E-state index in [4.69, 9.17) is 14.7 Å². The quantitative estimate of drug-likeness (QED) is 0.300. The zero-order valence-corrected chi connectivity index (χ0v) is 20.6. The van der Waals surface area contributed by atoms with E-state index in [9.17, 15) is 4.79 Å². The molecule has 2 N–H and O–H groups in total. The highest BCUT2D eigenvalue weighted by Gasteiger charge is 2.21. The van der Waals surface area contributed by atoms with Crippen LogP contribution in [0.25, 0.3) is 27.6 Å². The molecule has 3 aromatic carbocycles. The topological polar surface area (TPSA) is 81.1 Å². The monoisotopic (exact) mass is 489 g/mol. The summed E-state index contributed by atoms with van der Waals surface area (Å²) in [4.78, 5) is 21.9. The van der Waals surface area contributed by atoms with Crippen LogP contribution in [0.4, 0.5) is 11.5 Å². The lowest BCUT2D eigenvalue weighted by atomic mass is 10.0. The van der Waals surface area contributed by atoms with Crippen LogP contribution in [0, 0.1) is 6.92 Å². The molecule has 1 amide bonds. The van der Waals surface area contributed by atoms with Crippen molar-refractivity contribution < 1.29 is 9.53 Å². The number of rotatable bonds is 6. The molecule has 7 nitrogen and oxygen atoms in total. The molecule has 0 saturated carbocycles. The highest BCUT2D eigenvalue weighted by molar-refractivity contribution is 6.06. The fourth-order valence-electron chi connectivity index (χ4n) is 5.01. The molecule has 7 heteroatoms. The van der Waals surface area contributed by atoms with Gasteiger partial charge in [0.25, 0.3) is 0 Å². The second-order valence-electron chi connectivity index (χ2n) is 9.14. The molecule has 0 unspecified atom stereocenters. The first-order chi connectivity index (χ1) is 18.1. The van der Waals surface area contributed by atoms with Gasteiger partial charge in [0.1, 0.15) is 5.82 Å². The van der Waals surface area contributed by atoms with Crippen molar-refractivity contribution in [2.24, 2.45) is 0 Å². The van der Waals surface area contributed by atoms with E-state index < -0.39 is 0 Å². The maximum Gasteiger partial charge on any atom is 0.247 e. The standard InChI is InChI=1S/C30H27N5O2/c1-3-28(36)32-25-12-7-13-27-23(25)16-19(2)35(27)30-33-26-14-15-37-18-24(26)29(34-30)31-17-21-10-6-9-20-8-4-5-11-22(20)21/h3-13,16H,1,14-15,17-18H2,2H3,(H,32,36)(H,31,33,34). The van der Waals surface area contributed by atoms with Crippen LogP contribution in [-0.4, -0.2) is 27.0 Å². The lowest BCUT2D eigenvalue weighted by molar-refractivity contribution is -0.111. The number of anilines is 2. The predicted molar refractivity (Wildman–Crippen MR) is 147 cm³/mol. The van der Waals surface area contributed by atoms with Crippen LogP contribution in [0.1, 0.15) is 22.5 Å². The molecule has 1 aliphatic rings. The van der Waals surface area contributed by atoms with Gasteiger partial charge in [-0.15, -0.1) is 0 Å². The summed E-state index contributed by atoms with van der Waals surface area (Å²) in [6.45, 7) is 7.33. The van der Waals surface area contributed by atoms with Crippen LogP contribution < -0.4 is 10.6 Å². The van der Waals surface area contributed by atoms with Gasteiger partial charge in [-0.1, -0.05) is 55.1 Å². The number of aryl methyl sites for hydroxylation is 1. The number of hydrogen-bond donors (Lipinski definition) is 2. The third-order valence-corrected chi connectivity index (χ3v) is 6.81. The highest BCUT2D eigenvalue weighted by Crippen LogP contribution is 2.31. The maximum absolute atomic E-state index is 12.0. The number of nitrogens with one attached hydrogen (secondary N) is 2. The Bertz CT molecular complexity index is 1670. The van der Waals surface area contributed by atoms with E-state index >= 15 is 0 Å². The van der Waals surface area contributed by atoms with Crippen LogP contribution in [0.2, 0.25) is 0 Å². The van der Waals surface area contributed by atoms with E-state index in [-0.39, 0.29) is 5.91 Å². The Kier molecular flexibility index (Phi) is 5.90. The number of amides is 1. The van der Waals surface area contributed by atoms with E-state index in [1.54, 1.807) is 0 Å². The minimum absolute atomic E-state index is 0.247. The van der Waals surface area contributed by atoms with Gasteiger partial charge >= 0.3 is 0 Å². The van der Waals surface area contributed by atoms with Gasteiger partial charge in [-0.25, -0.2) is 4.98 Å². The van der Waals surface area contributed by atoms with Crippen LogP contribution in [0.3, 0.4) is 0 Å². The number of carbonyl (C=O) groups excluding carboxylic acids is 1. The molecule has 0 spiro atoms. The zero-order chi connectivity index (χ0) is 25.4. The molecular weight excluding hydrogens is 462 g/mol. The Hall–Kier alpha value is -4.49. The van der Waals surface area contributed by atoms with Gasteiger partial charge in [0.2, 0.25) is 11.9 Å². The number of ether oxygens (including phenoxy) is 1. The van der Waals surface area contributed by atoms with Gasteiger partial charge in [0.15, 0.2) is 0 Å². The fourth-order valence-corrected chi connectivity index (χ4v) is 5.01. The van der Waals surface area contributed by atoms with Crippen LogP contribution in [-0.2, 0) is 29.1 Å². The third kappa shape index (κ3) is 4.23. The van der Waals surface area contributed by atoms with Crippen molar-refractivity contribution in [1.29, 1.82) is 0 Å². The predicted octanol–water partition coefficient (Wildman–Crippen LogP) is 5.69. The summed E-state index contributed by atoms with van der Waals surface area (Å²) in [6.07, 6.45) is 2.00. The minimum atomic E-state index is -0.247. The summed E-state index contributed by atoms with van der Waals surface area (Å²) < 4.78 is 7.81. The average Bonchev–Trinajstić information content (AvgIpc) is 3.28. The van der Waals surface area contributed by atoms with E-state index in [0.717, 1.165) is 45.8 Å². The molecule has 6 rings (SSSR count). The summed E-state index contributed by atoms with van der Waals surface area (Å²) in [5, 5.41) is 9.84. The van der Waals surface area contributed by atoms with Crippen LogP contribution in [0.5, 0.6) is 0 Å². The normalized spacial score (nSPS) is 12.9. The smallest absolute Gasteiger partial charge is 0.247 e. The number of nitrogens with zero attached hydrogens (tertiary/aromatic N) is 3. The summed E-state index contributed by atoms with van der Waals surface area (Å²) in [7, 11) is 0. The molecule has 0 aliphatic carbocycles. The van der Waals surface area contributed by atoms with Gasteiger partial charge < -0.3 is 15.4 Å². The number of carbonyl (C=O) groups is 1. The van der Waals surface area contributed by atoms with Crippen molar-refractivity contribution in [3.63, 3.8) is 0 Å². The maximum atomic E-state index is 12.0. The third-order valence-electron chi connectivity index (χ3n) is 6.81. The highest BCUT2D eigenvalue weighted by atomic mass is 16.5. The van der Waals surface area contributed by atoms with Crippen molar-refractivity contribution in [3.05, 3.63) is 102 Å². The number of hydrogen-bond acceptors (Lipinski definition) is 5. The summed E-state index contributed by atoms with van der Waals surface area (Å²) >= 11 is 0. The molecule has 3 heterocycles. The molecule has 0 saturated heterocycles. The van der Waals surface area contributed by atoms with Gasteiger partial charge in [-0.05, 0) is 47.5 Å². The first kappa shape index (κ1) is 22.9. The van der Waals surface area contributed by atoms with Gasteiger partial charge in [0.05, 0.1) is 30.1 Å². The van der Waals surface area contributed by atoms with Crippen molar-refractivity contribution in [1.82, 2.24) is 14.5 Å². The van der Waals surface area contributed by atoms with Gasteiger partial charge in [-0.3, -0.25) is 9.36 Å². The lowest BCUT2D eigenvalue weighted by Gasteiger charge is -2.21. The first-order valence-corrected chi connectivity index (χ1v) is 12.4. The molecule has 0 fully saturated rings. The molecule has 0 atom stereocenters. The van der Waals surface area contributed by atoms with Gasteiger partial charge in [0, 0.05) is 29.6 Å². The Morgan fingerprint density at radius 2 is 1.92 bits per heavy atom. The second-order valence-corrected chi connectivity index (χ2v) is 9.14. The van der Waals surface area contributed by atoms with E-state index in [1.165, 1.54) is 22.4 Å². The Labute approximate surface area is 214 Å².